The number of benzene rings is 2. The molecule has 3 aromatic rings. The third-order valence-corrected chi connectivity index (χ3v) is 13.3. The van der Waals surface area contributed by atoms with Crippen LogP contribution in [0, 0.1) is 0 Å². The maximum absolute atomic E-state index is 15.2. The van der Waals surface area contributed by atoms with Gasteiger partial charge in [-0.25, -0.2) is 13.1 Å². The molecule has 4 heterocycles. The van der Waals surface area contributed by atoms with Crippen molar-refractivity contribution < 1.29 is 22.7 Å². The lowest BCUT2D eigenvalue weighted by Crippen LogP contribution is -2.58. The van der Waals surface area contributed by atoms with Gasteiger partial charge in [0.2, 0.25) is 15.9 Å². The fourth-order valence-electron chi connectivity index (χ4n) is 9.28. The second-order valence-corrected chi connectivity index (χ2v) is 16.9. The number of amides is 2. The van der Waals surface area contributed by atoms with Gasteiger partial charge in [0.1, 0.15) is 11.3 Å². The summed E-state index contributed by atoms with van der Waals surface area (Å²) in [6.45, 7) is 4.88. The van der Waals surface area contributed by atoms with Gasteiger partial charge in [0.25, 0.3) is 5.91 Å². The van der Waals surface area contributed by atoms with E-state index in [4.69, 9.17) is 4.74 Å². The van der Waals surface area contributed by atoms with E-state index in [-0.39, 0.29) is 29.5 Å². The average Bonchev–Trinajstić information content (AvgIpc) is 3.63. The molecular weight excluding hydrogens is 600 g/mol. The molecule has 2 bridgehead atoms. The molecule has 2 aromatic carbocycles. The minimum atomic E-state index is -3.81. The Morgan fingerprint density at radius 2 is 1.70 bits per heavy atom. The van der Waals surface area contributed by atoms with Crippen LogP contribution in [0.4, 0.5) is 0 Å². The fraction of sp³-hybridized carbons (Fsp3) is 0.556. The van der Waals surface area contributed by atoms with Crippen molar-refractivity contribution in [1.29, 1.82) is 0 Å². The van der Waals surface area contributed by atoms with E-state index < -0.39 is 26.7 Å². The van der Waals surface area contributed by atoms with Crippen molar-refractivity contribution in [2.45, 2.75) is 99.9 Å². The van der Waals surface area contributed by atoms with Crippen LogP contribution in [0.2, 0.25) is 0 Å². The zero-order chi connectivity index (χ0) is 32.1. The number of hydrogen-bond donors (Lipinski definition) is 1. The number of fused-ring (bicyclic) bond motifs is 10. The largest absolute Gasteiger partial charge is 0.497 e. The summed E-state index contributed by atoms with van der Waals surface area (Å²) in [5.74, 6) is 0.671. The molecule has 10 heteroatoms. The molecule has 1 N–H and O–H groups in total. The highest BCUT2D eigenvalue weighted by Crippen LogP contribution is 2.67. The second-order valence-electron chi connectivity index (χ2n) is 14.6. The number of piperazine rings is 1. The van der Waals surface area contributed by atoms with Crippen molar-refractivity contribution in [3.63, 3.8) is 0 Å². The van der Waals surface area contributed by atoms with Gasteiger partial charge >= 0.3 is 0 Å². The van der Waals surface area contributed by atoms with Crippen molar-refractivity contribution >= 4 is 32.7 Å². The van der Waals surface area contributed by atoms with Gasteiger partial charge in [-0.1, -0.05) is 25.3 Å². The molecule has 2 amide bonds. The molecule has 8 rings (SSSR count). The quantitative estimate of drug-likeness (QED) is 0.389. The zero-order valence-corrected chi connectivity index (χ0v) is 28.0. The number of aromatic nitrogens is 1. The van der Waals surface area contributed by atoms with E-state index in [9.17, 15) is 13.2 Å². The first-order valence-corrected chi connectivity index (χ1v) is 18.5. The van der Waals surface area contributed by atoms with E-state index in [1.54, 1.807) is 27.0 Å². The summed E-state index contributed by atoms with van der Waals surface area (Å²) in [5, 5.41) is 0.327. The van der Waals surface area contributed by atoms with E-state index in [0.717, 1.165) is 79.5 Å². The van der Waals surface area contributed by atoms with Crippen molar-refractivity contribution in [1.82, 2.24) is 19.1 Å². The molecule has 46 heavy (non-hydrogen) atoms. The molecular formula is C36H44N4O5S. The van der Waals surface area contributed by atoms with Crippen molar-refractivity contribution in [3.05, 3.63) is 53.1 Å². The number of nitrogens with one attached hydrogen (secondary N) is 1. The SMILES string of the molecule is COc1ccc2c(c1)C1CC1(C(=O)N1C3CCC1CN(C)C3)n1c-2c(C2CCCCC2)c2ccc(C(=O)NS(=O)(=O)C(C)C)cc21. The number of carbonyl (C=O) groups is 2. The Morgan fingerprint density at radius 3 is 2.37 bits per heavy atom. The number of rotatable bonds is 6. The Hall–Kier alpha value is -3.37. The van der Waals surface area contributed by atoms with Gasteiger partial charge in [0.15, 0.2) is 0 Å². The first kappa shape index (κ1) is 30.0. The maximum atomic E-state index is 15.2. The number of likely N-dealkylation sites (N-methyl/N-ethyl adjacent to an activating group) is 1. The van der Waals surface area contributed by atoms with Crippen LogP contribution in [0.5, 0.6) is 5.75 Å². The summed E-state index contributed by atoms with van der Waals surface area (Å²) >= 11 is 0. The Morgan fingerprint density at radius 1 is 0.978 bits per heavy atom. The van der Waals surface area contributed by atoms with Crippen LogP contribution in [0.3, 0.4) is 0 Å². The van der Waals surface area contributed by atoms with Crippen molar-refractivity contribution in [2.24, 2.45) is 0 Å². The predicted octanol–water partition coefficient (Wildman–Crippen LogP) is 5.33. The van der Waals surface area contributed by atoms with Crippen LogP contribution in [-0.2, 0) is 20.4 Å². The zero-order valence-electron chi connectivity index (χ0n) is 27.2. The third-order valence-electron chi connectivity index (χ3n) is 11.6. The smallest absolute Gasteiger partial charge is 0.264 e. The number of hydrogen-bond acceptors (Lipinski definition) is 6. The van der Waals surface area contributed by atoms with Crippen LogP contribution in [-0.4, -0.2) is 79.2 Å². The summed E-state index contributed by atoms with van der Waals surface area (Å²) in [4.78, 5) is 33.2. The highest BCUT2D eigenvalue weighted by atomic mass is 32.2. The molecule has 2 saturated carbocycles. The molecule has 4 atom stereocenters. The molecule has 1 aromatic heterocycles. The molecule has 2 saturated heterocycles. The minimum Gasteiger partial charge on any atom is -0.497 e. The lowest BCUT2D eigenvalue weighted by molar-refractivity contribution is -0.142. The molecule has 4 fully saturated rings. The molecule has 0 spiro atoms. The number of methoxy groups -OCH3 is 1. The van der Waals surface area contributed by atoms with Crippen LogP contribution in [0.15, 0.2) is 36.4 Å². The molecule has 2 aliphatic carbocycles. The first-order valence-electron chi connectivity index (χ1n) is 17.0. The Labute approximate surface area is 271 Å². The maximum Gasteiger partial charge on any atom is 0.264 e. The summed E-state index contributed by atoms with van der Waals surface area (Å²) in [5.41, 5.74) is 5.00. The Balaban J connectivity index is 1.37. The minimum absolute atomic E-state index is 0.00902. The third kappa shape index (κ3) is 4.31. The monoisotopic (exact) mass is 644 g/mol. The Bertz CT molecular complexity index is 1860. The predicted molar refractivity (Wildman–Crippen MR) is 178 cm³/mol. The van der Waals surface area contributed by atoms with E-state index in [0.29, 0.717) is 12.3 Å². The van der Waals surface area contributed by atoms with E-state index in [2.05, 4.69) is 38.3 Å². The fourth-order valence-corrected chi connectivity index (χ4v) is 9.90. The van der Waals surface area contributed by atoms with Crippen molar-refractivity contribution in [3.8, 4) is 17.0 Å². The number of carbonyl (C=O) groups excluding carboxylic acids is 2. The number of nitrogens with zero attached hydrogens (tertiary/aromatic N) is 3. The molecule has 244 valence electrons. The van der Waals surface area contributed by atoms with Crippen LogP contribution >= 0.6 is 0 Å². The van der Waals surface area contributed by atoms with Gasteiger partial charge in [-0.3, -0.25) is 9.59 Å². The van der Waals surface area contributed by atoms with E-state index >= 15 is 4.79 Å². The molecule has 9 nitrogen and oxygen atoms in total. The first-order chi connectivity index (χ1) is 22.0. The van der Waals surface area contributed by atoms with Gasteiger partial charge in [-0.15, -0.1) is 0 Å². The van der Waals surface area contributed by atoms with Crippen molar-refractivity contribution in [2.75, 3.05) is 27.2 Å². The second kappa shape index (κ2) is 10.6. The van der Waals surface area contributed by atoms with Gasteiger partial charge in [-0.2, -0.15) is 0 Å². The summed E-state index contributed by atoms with van der Waals surface area (Å²) in [6, 6.07) is 12.3. The van der Waals surface area contributed by atoms with Crippen LogP contribution in [0.25, 0.3) is 22.2 Å². The molecule has 5 aliphatic rings. The van der Waals surface area contributed by atoms with E-state index in [1.807, 2.05) is 18.2 Å². The van der Waals surface area contributed by atoms with Crippen LogP contribution in [0.1, 0.15) is 98.5 Å². The summed E-state index contributed by atoms with van der Waals surface area (Å²) < 4.78 is 35.6. The number of sulfonamides is 1. The highest BCUT2D eigenvalue weighted by molar-refractivity contribution is 7.90. The molecule has 0 radical (unpaired) electrons. The summed E-state index contributed by atoms with van der Waals surface area (Å²) in [6.07, 6.45) is 8.45. The summed E-state index contributed by atoms with van der Waals surface area (Å²) in [7, 11) is 0.0260. The van der Waals surface area contributed by atoms with Gasteiger partial charge in [0, 0.05) is 47.6 Å². The normalized spacial score (nSPS) is 27.3. The topological polar surface area (TPSA) is 101 Å². The molecule has 4 unspecified atom stereocenters. The number of ether oxygens (including phenoxy) is 1. The lowest BCUT2D eigenvalue weighted by Gasteiger charge is -2.43. The Kier molecular flexibility index (Phi) is 6.89. The average molecular weight is 645 g/mol. The van der Waals surface area contributed by atoms with Gasteiger partial charge in [-0.05, 0) is 100 Å². The van der Waals surface area contributed by atoms with Gasteiger partial charge < -0.3 is 19.1 Å². The standard InChI is InChI=1S/C36H44N4O5S/c1-21(2)46(43,44)37-34(41)23-10-14-28-31(16-23)40-33(32(28)22-8-6-5-7-9-22)27-15-13-26(45-4)17-29(27)30-18-36(30,40)35(42)39-24-11-12-25(39)20-38(3)19-24/h10,13-17,21-22,24-25,30H,5-9,11-12,18-20H2,1-4H3,(H,37,41). The number of likely N-dealkylation sites (tertiary alicyclic amines) is 1. The van der Waals surface area contributed by atoms with Gasteiger partial charge in [0.05, 0.1) is 23.6 Å². The highest BCUT2D eigenvalue weighted by Gasteiger charge is 2.68. The lowest BCUT2D eigenvalue weighted by atomic mass is 9.80. The van der Waals surface area contributed by atoms with Crippen LogP contribution < -0.4 is 9.46 Å². The van der Waals surface area contributed by atoms with E-state index in [1.165, 1.54) is 17.5 Å². The molecule has 3 aliphatic heterocycles.